The van der Waals surface area contributed by atoms with Crippen molar-refractivity contribution in [1.82, 2.24) is 5.32 Å². The van der Waals surface area contributed by atoms with Crippen LogP contribution in [0.15, 0.2) is 66.7 Å². The fourth-order valence-corrected chi connectivity index (χ4v) is 3.57. The van der Waals surface area contributed by atoms with Crippen LogP contribution in [0.25, 0.3) is 11.6 Å². The van der Waals surface area contributed by atoms with Gasteiger partial charge in [0.1, 0.15) is 6.61 Å². The summed E-state index contributed by atoms with van der Waals surface area (Å²) in [4.78, 5) is 35.7. The molecule has 0 saturated heterocycles. The van der Waals surface area contributed by atoms with Crippen LogP contribution in [-0.2, 0) is 16.3 Å². The third kappa shape index (κ3) is 4.73. The van der Waals surface area contributed by atoms with E-state index in [4.69, 9.17) is 15.5 Å². The van der Waals surface area contributed by atoms with Crippen LogP contribution in [0.3, 0.4) is 0 Å². The van der Waals surface area contributed by atoms with Crippen molar-refractivity contribution < 1.29 is 19.4 Å². The molecule has 2 amide bonds. The van der Waals surface area contributed by atoms with Gasteiger partial charge < -0.3 is 21.3 Å². The van der Waals surface area contributed by atoms with E-state index in [1.807, 2.05) is 42.5 Å². The van der Waals surface area contributed by atoms with Gasteiger partial charge in [-0.05, 0) is 66.4 Å². The predicted octanol–water partition coefficient (Wildman–Crippen LogP) is 4.16. The van der Waals surface area contributed by atoms with Gasteiger partial charge in [-0.25, -0.2) is 0 Å². The zero-order chi connectivity index (χ0) is 22.8. The van der Waals surface area contributed by atoms with Gasteiger partial charge in [-0.15, -0.1) is 0 Å². The highest BCUT2D eigenvalue weighted by atomic mass is 17.2. The Bertz CT molecular complexity index is 1250. The summed E-state index contributed by atoms with van der Waals surface area (Å²) in [6.07, 6.45) is 3.83. The summed E-state index contributed by atoms with van der Waals surface area (Å²) in [5, 5.41) is 5.87. The summed E-state index contributed by atoms with van der Waals surface area (Å²) in [5.41, 5.74) is 10.5. The molecule has 2 aliphatic rings. The van der Waals surface area contributed by atoms with Gasteiger partial charge in [-0.3, -0.25) is 9.59 Å². The SMILES string of the molecule is Nc1ccccc1NC(=O)c1ccc(/C=C(\C(=O)NC2CC2)c2ccc3c(c2)COO3)cc1. The van der Waals surface area contributed by atoms with Crippen LogP contribution in [0.5, 0.6) is 5.75 Å². The Balaban J connectivity index is 1.39. The van der Waals surface area contributed by atoms with E-state index in [0.29, 0.717) is 34.9 Å². The van der Waals surface area contributed by atoms with Gasteiger partial charge >= 0.3 is 0 Å². The number of amides is 2. The van der Waals surface area contributed by atoms with Crippen molar-refractivity contribution in [3.05, 3.63) is 89.0 Å². The number of nitrogens with two attached hydrogens (primary N) is 1. The molecule has 4 N–H and O–H groups in total. The quantitative estimate of drug-likeness (QED) is 0.231. The number of fused-ring (bicyclic) bond motifs is 1. The fourth-order valence-electron chi connectivity index (χ4n) is 3.57. The number of para-hydroxylation sites is 2. The Morgan fingerprint density at radius 3 is 2.48 bits per heavy atom. The molecule has 3 aromatic carbocycles. The predicted molar refractivity (Wildman–Crippen MR) is 126 cm³/mol. The third-order valence-electron chi connectivity index (χ3n) is 5.58. The first kappa shape index (κ1) is 20.8. The van der Waals surface area contributed by atoms with Crippen LogP contribution >= 0.6 is 0 Å². The fraction of sp³-hybridized carbons (Fsp3) is 0.154. The lowest BCUT2D eigenvalue weighted by Crippen LogP contribution is -2.26. The Hall–Kier alpha value is -4.10. The second-order valence-electron chi connectivity index (χ2n) is 8.14. The Morgan fingerprint density at radius 1 is 0.970 bits per heavy atom. The van der Waals surface area contributed by atoms with Gasteiger partial charge in [0.15, 0.2) is 5.75 Å². The highest BCUT2D eigenvalue weighted by Crippen LogP contribution is 2.31. The Labute approximate surface area is 191 Å². The molecule has 33 heavy (non-hydrogen) atoms. The monoisotopic (exact) mass is 441 g/mol. The highest BCUT2D eigenvalue weighted by molar-refractivity contribution is 6.24. The topological polar surface area (TPSA) is 103 Å². The highest BCUT2D eigenvalue weighted by Gasteiger charge is 2.26. The summed E-state index contributed by atoms with van der Waals surface area (Å²) >= 11 is 0. The summed E-state index contributed by atoms with van der Waals surface area (Å²) in [5.74, 6) is 0.280. The molecule has 0 bridgehead atoms. The zero-order valence-electron chi connectivity index (χ0n) is 17.8. The van der Waals surface area contributed by atoms with Gasteiger partial charge in [0.25, 0.3) is 11.8 Å². The molecule has 0 aromatic heterocycles. The van der Waals surface area contributed by atoms with Crippen molar-refractivity contribution in [1.29, 1.82) is 0 Å². The first-order chi connectivity index (χ1) is 16.1. The normalized spacial score (nSPS) is 14.8. The smallest absolute Gasteiger partial charge is 0.255 e. The lowest BCUT2D eigenvalue weighted by molar-refractivity contribution is -0.194. The number of nitrogens with one attached hydrogen (secondary N) is 2. The number of carbonyl (C=O) groups excluding carboxylic acids is 2. The van der Waals surface area contributed by atoms with Crippen molar-refractivity contribution in [2.45, 2.75) is 25.5 Å². The molecular weight excluding hydrogens is 418 g/mol. The van der Waals surface area contributed by atoms with Crippen molar-refractivity contribution in [2.24, 2.45) is 0 Å². The molecule has 0 unspecified atom stereocenters. The van der Waals surface area contributed by atoms with E-state index in [1.54, 1.807) is 30.3 Å². The third-order valence-corrected chi connectivity index (χ3v) is 5.58. The van der Waals surface area contributed by atoms with E-state index in [0.717, 1.165) is 29.5 Å². The molecule has 0 spiro atoms. The number of rotatable bonds is 6. The van der Waals surface area contributed by atoms with Gasteiger partial charge in [0.2, 0.25) is 0 Å². The van der Waals surface area contributed by atoms with Crippen LogP contribution < -0.4 is 21.3 Å². The molecule has 1 aliphatic carbocycles. The molecule has 1 heterocycles. The van der Waals surface area contributed by atoms with Crippen LogP contribution in [0.1, 0.15) is 39.9 Å². The maximum absolute atomic E-state index is 13.0. The number of carbonyl (C=O) groups is 2. The van der Waals surface area contributed by atoms with E-state index in [1.165, 1.54) is 0 Å². The van der Waals surface area contributed by atoms with Crippen LogP contribution in [-0.4, -0.2) is 17.9 Å². The summed E-state index contributed by atoms with van der Waals surface area (Å²) in [6.45, 7) is 0.344. The second-order valence-corrected chi connectivity index (χ2v) is 8.14. The Morgan fingerprint density at radius 2 is 1.73 bits per heavy atom. The van der Waals surface area contributed by atoms with Gasteiger partial charge in [-0.1, -0.05) is 30.3 Å². The minimum atomic E-state index is -0.256. The molecule has 5 rings (SSSR count). The summed E-state index contributed by atoms with van der Waals surface area (Å²) in [7, 11) is 0. The minimum Gasteiger partial charge on any atom is -0.397 e. The van der Waals surface area contributed by atoms with Crippen molar-refractivity contribution >= 4 is 34.8 Å². The van der Waals surface area contributed by atoms with Crippen molar-refractivity contribution in [2.75, 3.05) is 11.1 Å². The number of benzene rings is 3. The van der Waals surface area contributed by atoms with E-state index in [-0.39, 0.29) is 17.9 Å². The lowest BCUT2D eigenvalue weighted by atomic mass is 9.99. The van der Waals surface area contributed by atoms with Gasteiger partial charge in [0, 0.05) is 22.7 Å². The molecule has 1 saturated carbocycles. The molecule has 166 valence electrons. The largest absolute Gasteiger partial charge is 0.397 e. The molecule has 7 nitrogen and oxygen atoms in total. The van der Waals surface area contributed by atoms with Crippen molar-refractivity contribution in [3.8, 4) is 5.75 Å². The second kappa shape index (κ2) is 8.80. The average molecular weight is 441 g/mol. The Kier molecular flexibility index (Phi) is 5.54. The number of hydrogen-bond acceptors (Lipinski definition) is 5. The maximum Gasteiger partial charge on any atom is 0.255 e. The van der Waals surface area contributed by atoms with E-state index < -0.39 is 0 Å². The van der Waals surface area contributed by atoms with E-state index in [9.17, 15) is 9.59 Å². The molecule has 1 fully saturated rings. The molecule has 1 aliphatic heterocycles. The number of nitrogen functional groups attached to an aromatic ring is 1. The van der Waals surface area contributed by atoms with Crippen LogP contribution in [0.2, 0.25) is 0 Å². The molecular formula is C26H23N3O4. The first-order valence-electron chi connectivity index (χ1n) is 10.8. The maximum atomic E-state index is 13.0. The lowest BCUT2D eigenvalue weighted by Gasteiger charge is -2.11. The minimum absolute atomic E-state index is 0.126. The van der Waals surface area contributed by atoms with E-state index in [2.05, 4.69) is 10.6 Å². The van der Waals surface area contributed by atoms with E-state index >= 15 is 0 Å². The molecule has 0 atom stereocenters. The van der Waals surface area contributed by atoms with Gasteiger partial charge in [0.05, 0.1) is 11.4 Å². The average Bonchev–Trinajstić information content (AvgIpc) is 3.51. The van der Waals surface area contributed by atoms with Gasteiger partial charge in [-0.2, -0.15) is 4.89 Å². The standard InChI is InChI=1S/C26H23N3O4/c27-22-3-1-2-4-23(22)29-25(30)17-7-5-16(6-8-17)13-21(26(31)28-20-10-11-20)18-9-12-24-19(14-18)15-32-33-24/h1-9,12-14,20H,10-11,15,27H2,(H,28,31)(H,29,30)/b21-13-. The van der Waals surface area contributed by atoms with Crippen LogP contribution in [0.4, 0.5) is 11.4 Å². The number of anilines is 2. The number of hydrogen-bond donors (Lipinski definition) is 3. The zero-order valence-corrected chi connectivity index (χ0v) is 17.8. The van der Waals surface area contributed by atoms with Crippen molar-refractivity contribution in [3.63, 3.8) is 0 Å². The summed E-state index contributed by atoms with van der Waals surface area (Å²) in [6, 6.07) is 20.0. The summed E-state index contributed by atoms with van der Waals surface area (Å²) < 4.78 is 0. The molecule has 7 heteroatoms. The molecule has 0 radical (unpaired) electrons. The molecule has 3 aromatic rings. The van der Waals surface area contributed by atoms with Crippen LogP contribution in [0, 0.1) is 0 Å². The first-order valence-corrected chi connectivity index (χ1v) is 10.8.